The Morgan fingerprint density at radius 2 is 2.05 bits per heavy atom. The molecule has 0 heterocycles. The second kappa shape index (κ2) is 8.26. The lowest BCUT2D eigenvalue weighted by atomic mass is 10.2. The molecular weight excluding hydrogens is 296 g/mol. The Hall–Kier alpha value is -2.08. The first-order chi connectivity index (χ1) is 9.93. The van der Waals surface area contributed by atoms with Gasteiger partial charge in [0.15, 0.2) is 0 Å². The molecule has 114 valence electrons. The van der Waals surface area contributed by atoms with E-state index in [1.165, 1.54) is 11.0 Å². The van der Waals surface area contributed by atoms with E-state index in [0.717, 1.165) is 0 Å². The second-order valence-corrected chi connectivity index (χ2v) is 4.84. The maximum absolute atomic E-state index is 11.9. The molecule has 2 N–H and O–H groups in total. The minimum absolute atomic E-state index is 0.251. The molecule has 1 aromatic carbocycles. The number of halogens is 1. The Bertz CT molecular complexity index is 533. The molecule has 0 fully saturated rings. The quantitative estimate of drug-likeness (QED) is 0.796. The second-order valence-electron chi connectivity index (χ2n) is 4.40. The lowest BCUT2D eigenvalue weighted by Gasteiger charge is -2.20. The maximum atomic E-state index is 11.9. The highest BCUT2D eigenvalue weighted by Gasteiger charge is 2.17. The van der Waals surface area contributed by atoms with Gasteiger partial charge < -0.3 is 15.3 Å². The van der Waals surface area contributed by atoms with E-state index in [1.54, 1.807) is 18.2 Å². The molecule has 0 saturated heterocycles. The highest BCUT2D eigenvalue weighted by Crippen LogP contribution is 2.10. The first kappa shape index (κ1) is 17.0. The SMILES string of the molecule is CCCN(CC(=O)O)C(=O)CNC(=O)c1cccc(Cl)c1. The van der Waals surface area contributed by atoms with Crippen LogP contribution in [0.15, 0.2) is 24.3 Å². The van der Waals surface area contributed by atoms with Crippen LogP contribution in [0.25, 0.3) is 0 Å². The first-order valence-corrected chi connectivity index (χ1v) is 6.85. The molecule has 2 amide bonds. The van der Waals surface area contributed by atoms with Gasteiger partial charge in [0.1, 0.15) is 6.54 Å². The molecule has 21 heavy (non-hydrogen) atoms. The van der Waals surface area contributed by atoms with Crippen molar-refractivity contribution in [3.8, 4) is 0 Å². The average molecular weight is 313 g/mol. The molecule has 0 aromatic heterocycles. The number of hydrogen-bond acceptors (Lipinski definition) is 3. The van der Waals surface area contributed by atoms with Crippen LogP contribution in [-0.2, 0) is 9.59 Å². The zero-order valence-corrected chi connectivity index (χ0v) is 12.4. The van der Waals surface area contributed by atoms with Crippen LogP contribution in [0.1, 0.15) is 23.7 Å². The lowest BCUT2D eigenvalue weighted by Crippen LogP contribution is -2.42. The monoisotopic (exact) mass is 312 g/mol. The van der Waals surface area contributed by atoms with Crippen molar-refractivity contribution < 1.29 is 19.5 Å². The number of amides is 2. The molecule has 0 aliphatic carbocycles. The van der Waals surface area contributed by atoms with Gasteiger partial charge in [-0.05, 0) is 24.6 Å². The number of hydrogen-bond donors (Lipinski definition) is 2. The van der Waals surface area contributed by atoms with Gasteiger partial charge in [-0.3, -0.25) is 14.4 Å². The lowest BCUT2D eigenvalue weighted by molar-refractivity contribution is -0.144. The summed E-state index contributed by atoms with van der Waals surface area (Å²) in [5.74, 6) is -1.95. The normalized spacial score (nSPS) is 10.0. The van der Waals surface area contributed by atoms with E-state index in [9.17, 15) is 14.4 Å². The molecule has 0 saturated carbocycles. The van der Waals surface area contributed by atoms with Crippen molar-refractivity contribution in [1.82, 2.24) is 10.2 Å². The predicted molar refractivity (Wildman–Crippen MR) is 78.3 cm³/mol. The van der Waals surface area contributed by atoms with Crippen LogP contribution in [0.4, 0.5) is 0 Å². The van der Waals surface area contributed by atoms with Crippen molar-refractivity contribution in [2.45, 2.75) is 13.3 Å². The van der Waals surface area contributed by atoms with E-state index in [0.29, 0.717) is 23.6 Å². The molecule has 1 rings (SSSR count). The highest BCUT2D eigenvalue weighted by atomic mass is 35.5. The van der Waals surface area contributed by atoms with Gasteiger partial charge in [-0.25, -0.2) is 0 Å². The van der Waals surface area contributed by atoms with Crippen molar-refractivity contribution >= 4 is 29.4 Å². The summed E-state index contributed by atoms with van der Waals surface area (Å²) in [6, 6.07) is 6.33. The van der Waals surface area contributed by atoms with Crippen molar-refractivity contribution in [1.29, 1.82) is 0 Å². The Balaban J connectivity index is 2.58. The topological polar surface area (TPSA) is 86.7 Å². The maximum Gasteiger partial charge on any atom is 0.323 e. The smallest absolute Gasteiger partial charge is 0.323 e. The molecule has 0 bridgehead atoms. The van der Waals surface area contributed by atoms with Gasteiger partial charge in [-0.1, -0.05) is 24.6 Å². The Morgan fingerprint density at radius 1 is 1.33 bits per heavy atom. The van der Waals surface area contributed by atoms with Gasteiger partial charge in [0, 0.05) is 17.1 Å². The number of aliphatic carboxylic acids is 1. The number of carboxylic acid groups (broad SMARTS) is 1. The van der Waals surface area contributed by atoms with Crippen molar-refractivity contribution in [2.75, 3.05) is 19.6 Å². The van der Waals surface area contributed by atoms with Crippen LogP contribution >= 0.6 is 11.6 Å². The summed E-state index contributed by atoms with van der Waals surface area (Å²) in [4.78, 5) is 35.6. The Labute approximate surface area is 127 Å². The summed E-state index contributed by atoms with van der Waals surface area (Å²) in [5.41, 5.74) is 0.343. The summed E-state index contributed by atoms with van der Waals surface area (Å²) in [7, 11) is 0. The number of nitrogens with zero attached hydrogens (tertiary/aromatic N) is 1. The van der Waals surface area contributed by atoms with Crippen molar-refractivity contribution in [2.24, 2.45) is 0 Å². The summed E-state index contributed by atoms with van der Waals surface area (Å²) >= 11 is 5.78. The minimum atomic E-state index is -1.09. The number of benzene rings is 1. The number of carbonyl (C=O) groups excluding carboxylic acids is 2. The molecule has 7 heteroatoms. The largest absolute Gasteiger partial charge is 0.480 e. The van der Waals surface area contributed by atoms with Crippen LogP contribution in [0.2, 0.25) is 5.02 Å². The Kier molecular flexibility index (Phi) is 6.68. The number of rotatable bonds is 7. The molecule has 0 aliphatic heterocycles. The molecule has 1 aromatic rings. The third kappa shape index (κ3) is 5.83. The van der Waals surface area contributed by atoms with Gasteiger partial charge in [0.05, 0.1) is 6.54 Å². The van der Waals surface area contributed by atoms with Gasteiger partial charge in [-0.2, -0.15) is 0 Å². The highest BCUT2D eigenvalue weighted by molar-refractivity contribution is 6.30. The van der Waals surface area contributed by atoms with Gasteiger partial charge in [0.25, 0.3) is 5.91 Å². The van der Waals surface area contributed by atoms with Crippen molar-refractivity contribution in [3.05, 3.63) is 34.9 Å². The molecule has 0 atom stereocenters. The van der Waals surface area contributed by atoms with Gasteiger partial charge in [-0.15, -0.1) is 0 Å². The van der Waals surface area contributed by atoms with E-state index in [-0.39, 0.29) is 13.1 Å². The molecule has 0 aliphatic rings. The molecule has 6 nitrogen and oxygen atoms in total. The van der Waals surface area contributed by atoms with E-state index in [4.69, 9.17) is 16.7 Å². The summed E-state index contributed by atoms with van der Waals surface area (Å²) in [6.45, 7) is 1.54. The third-order valence-electron chi connectivity index (χ3n) is 2.66. The summed E-state index contributed by atoms with van der Waals surface area (Å²) in [5, 5.41) is 11.6. The van der Waals surface area contributed by atoms with E-state index >= 15 is 0 Å². The molecule has 0 radical (unpaired) electrons. The average Bonchev–Trinajstić information content (AvgIpc) is 2.43. The predicted octanol–water partition coefficient (Wildman–Crippen LogP) is 1.39. The van der Waals surface area contributed by atoms with Crippen LogP contribution < -0.4 is 5.32 Å². The van der Waals surface area contributed by atoms with Crippen molar-refractivity contribution in [3.63, 3.8) is 0 Å². The summed E-state index contributed by atoms with van der Waals surface area (Å²) < 4.78 is 0. The van der Waals surface area contributed by atoms with E-state index in [2.05, 4.69) is 5.32 Å². The van der Waals surface area contributed by atoms with E-state index < -0.39 is 17.8 Å². The molecule has 0 spiro atoms. The number of carbonyl (C=O) groups is 3. The van der Waals surface area contributed by atoms with Crippen LogP contribution in [0.3, 0.4) is 0 Å². The van der Waals surface area contributed by atoms with Gasteiger partial charge >= 0.3 is 5.97 Å². The fourth-order valence-corrected chi connectivity index (χ4v) is 1.91. The van der Waals surface area contributed by atoms with E-state index in [1.807, 2.05) is 6.92 Å². The van der Waals surface area contributed by atoms with Crippen LogP contribution in [0.5, 0.6) is 0 Å². The van der Waals surface area contributed by atoms with Crippen LogP contribution in [0, 0.1) is 0 Å². The third-order valence-corrected chi connectivity index (χ3v) is 2.89. The summed E-state index contributed by atoms with van der Waals surface area (Å²) in [6.07, 6.45) is 0.640. The molecule has 0 unspecified atom stereocenters. The first-order valence-electron chi connectivity index (χ1n) is 6.47. The number of nitrogens with one attached hydrogen (secondary N) is 1. The van der Waals surface area contributed by atoms with Gasteiger partial charge in [0.2, 0.25) is 5.91 Å². The number of carboxylic acids is 1. The zero-order valence-electron chi connectivity index (χ0n) is 11.6. The van der Waals surface area contributed by atoms with Crippen LogP contribution in [-0.4, -0.2) is 47.4 Å². The zero-order chi connectivity index (χ0) is 15.8. The fourth-order valence-electron chi connectivity index (χ4n) is 1.72. The fraction of sp³-hybridized carbons (Fsp3) is 0.357. The molecular formula is C14H17ClN2O4. The minimum Gasteiger partial charge on any atom is -0.480 e. The standard InChI is InChI=1S/C14H17ClN2O4/c1-2-6-17(9-13(19)20)12(18)8-16-14(21)10-4-3-5-11(15)7-10/h3-5,7H,2,6,8-9H2,1H3,(H,16,21)(H,19,20). The Morgan fingerprint density at radius 3 is 2.62 bits per heavy atom.